The zero-order valence-electron chi connectivity index (χ0n) is 14.6. The number of para-hydroxylation sites is 2. The molecule has 0 atom stereocenters. The topological polar surface area (TPSA) is 104 Å². The number of H-pyrrole nitrogens is 1. The van der Waals surface area contributed by atoms with Crippen LogP contribution in [0.2, 0.25) is 0 Å². The molecule has 0 bridgehead atoms. The molecule has 27 heavy (non-hydrogen) atoms. The van der Waals surface area contributed by atoms with Crippen LogP contribution >= 0.6 is 0 Å². The molecule has 1 saturated heterocycles. The van der Waals surface area contributed by atoms with Crippen LogP contribution < -0.4 is 10.2 Å². The molecule has 0 aliphatic carbocycles. The van der Waals surface area contributed by atoms with Gasteiger partial charge in [-0.25, -0.2) is 4.98 Å². The summed E-state index contributed by atoms with van der Waals surface area (Å²) in [7, 11) is 0. The van der Waals surface area contributed by atoms with Crippen LogP contribution in [0.3, 0.4) is 0 Å². The van der Waals surface area contributed by atoms with E-state index in [0.717, 1.165) is 43.4 Å². The number of anilines is 2. The van der Waals surface area contributed by atoms with Crippen molar-refractivity contribution in [1.29, 1.82) is 0 Å². The smallest absolute Gasteiger partial charge is 0.293 e. The van der Waals surface area contributed by atoms with Crippen molar-refractivity contribution in [2.45, 2.75) is 19.3 Å². The Morgan fingerprint density at radius 2 is 1.93 bits per heavy atom. The molecule has 2 heterocycles. The maximum absolute atomic E-state index is 12.5. The number of nitro groups is 1. The number of rotatable bonds is 4. The monoisotopic (exact) mass is 365 g/mol. The van der Waals surface area contributed by atoms with Gasteiger partial charge in [-0.2, -0.15) is 0 Å². The largest absolute Gasteiger partial charge is 0.366 e. The second-order valence-corrected chi connectivity index (χ2v) is 6.56. The van der Waals surface area contributed by atoms with Crippen LogP contribution in [0.1, 0.15) is 29.6 Å². The van der Waals surface area contributed by atoms with Crippen molar-refractivity contribution in [2.75, 3.05) is 23.3 Å². The molecule has 138 valence electrons. The normalized spacial score (nSPS) is 14.3. The van der Waals surface area contributed by atoms with Crippen LogP contribution in [0.25, 0.3) is 11.0 Å². The van der Waals surface area contributed by atoms with Gasteiger partial charge in [-0.15, -0.1) is 0 Å². The number of nitrogens with zero attached hydrogens (tertiary/aromatic N) is 3. The van der Waals surface area contributed by atoms with Gasteiger partial charge < -0.3 is 9.88 Å². The third kappa shape index (κ3) is 3.46. The predicted octanol–water partition coefficient (Wildman–Crippen LogP) is 3.71. The minimum Gasteiger partial charge on any atom is -0.366 e. The number of carbonyl (C=O) groups excluding carboxylic acids is 1. The first-order valence-electron chi connectivity index (χ1n) is 8.91. The predicted molar refractivity (Wildman–Crippen MR) is 103 cm³/mol. The fraction of sp³-hybridized carbons (Fsp3) is 0.263. The van der Waals surface area contributed by atoms with E-state index in [1.807, 2.05) is 29.2 Å². The highest BCUT2D eigenvalue weighted by molar-refractivity contribution is 6.04. The molecule has 1 aliphatic heterocycles. The van der Waals surface area contributed by atoms with Gasteiger partial charge in [-0.3, -0.25) is 20.2 Å². The molecule has 0 radical (unpaired) electrons. The van der Waals surface area contributed by atoms with Crippen molar-refractivity contribution in [2.24, 2.45) is 0 Å². The average Bonchev–Trinajstić information content (AvgIpc) is 3.10. The molecular weight excluding hydrogens is 346 g/mol. The van der Waals surface area contributed by atoms with Gasteiger partial charge in [0.15, 0.2) is 0 Å². The lowest BCUT2D eigenvalue weighted by molar-refractivity contribution is -0.384. The van der Waals surface area contributed by atoms with Crippen molar-refractivity contribution in [3.05, 3.63) is 58.1 Å². The lowest BCUT2D eigenvalue weighted by Crippen LogP contribution is -2.30. The van der Waals surface area contributed by atoms with Gasteiger partial charge in [0, 0.05) is 24.7 Å². The summed E-state index contributed by atoms with van der Waals surface area (Å²) < 4.78 is 0. The number of nitrogens with one attached hydrogen (secondary N) is 2. The van der Waals surface area contributed by atoms with Crippen LogP contribution in [0, 0.1) is 10.1 Å². The highest BCUT2D eigenvalue weighted by Gasteiger charge is 2.23. The molecule has 8 nitrogen and oxygen atoms in total. The van der Waals surface area contributed by atoms with E-state index in [1.54, 1.807) is 12.1 Å². The van der Waals surface area contributed by atoms with Crippen LogP contribution in [0.4, 0.5) is 17.3 Å². The van der Waals surface area contributed by atoms with Crippen LogP contribution in [0.5, 0.6) is 0 Å². The summed E-state index contributed by atoms with van der Waals surface area (Å²) in [6.07, 6.45) is 3.18. The number of aromatic amines is 1. The minimum absolute atomic E-state index is 0.0471. The van der Waals surface area contributed by atoms with E-state index < -0.39 is 10.8 Å². The molecule has 1 amide bonds. The fourth-order valence-electron chi connectivity index (χ4n) is 3.40. The molecule has 1 aromatic heterocycles. The zero-order chi connectivity index (χ0) is 18.8. The number of aromatic nitrogens is 2. The van der Waals surface area contributed by atoms with Crippen molar-refractivity contribution < 1.29 is 9.72 Å². The Kier molecular flexibility index (Phi) is 4.45. The lowest BCUT2D eigenvalue weighted by Gasteiger charge is -2.28. The van der Waals surface area contributed by atoms with E-state index in [4.69, 9.17) is 0 Å². The van der Waals surface area contributed by atoms with Gasteiger partial charge >= 0.3 is 0 Å². The van der Waals surface area contributed by atoms with E-state index in [0.29, 0.717) is 11.6 Å². The summed E-state index contributed by atoms with van der Waals surface area (Å²) in [5, 5.41) is 14.2. The summed E-state index contributed by atoms with van der Waals surface area (Å²) in [5.41, 5.74) is 2.29. The van der Waals surface area contributed by atoms with Crippen LogP contribution in [-0.2, 0) is 0 Å². The van der Waals surface area contributed by atoms with E-state index in [2.05, 4.69) is 15.3 Å². The van der Waals surface area contributed by atoms with Gasteiger partial charge in [0.05, 0.1) is 16.0 Å². The van der Waals surface area contributed by atoms with Crippen molar-refractivity contribution in [3.8, 4) is 0 Å². The number of benzene rings is 2. The highest BCUT2D eigenvalue weighted by Crippen LogP contribution is 2.31. The Morgan fingerprint density at radius 1 is 1.15 bits per heavy atom. The Bertz CT molecular complexity index is 975. The minimum atomic E-state index is -0.442. The summed E-state index contributed by atoms with van der Waals surface area (Å²) in [4.78, 5) is 33.0. The van der Waals surface area contributed by atoms with E-state index in [9.17, 15) is 14.9 Å². The second kappa shape index (κ2) is 7.06. The number of hydrogen-bond donors (Lipinski definition) is 2. The summed E-state index contributed by atoms with van der Waals surface area (Å²) >= 11 is 0. The maximum Gasteiger partial charge on any atom is 0.293 e. The first-order valence-corrected chi connectivity index (χ1v) is 8.91. The molecule has 1 fully saturated rings. The summed E-state index contributed by atoms with van der Waals surface area (Å²) in [6, 6.07) is 12.0. The van der Waals surface area contributed by atoms with Crippen LogP contribution in [0.15, 0.2) is 42.5 Å². The van der Waals surface area contributed by atoms with E-state index >= 15 is 0 Å². The van der Waals surface area contributed by atoms with Crippen LogP contribution in [-0.4, -0.2) is 33.9 Å². The van der Waals surface area contributed by atoms with Crippen molar-refractivity contribution in [1.82, 2.24) is 9.97 Å². The number of amides is 1. The zero-order valence-corrected chi connectivity index (χ0v) is 14.6. The van der Waals surface area contributed by atoms with E-state index in [-0.39, 0.29) is 11.3 Å². The molecule has 3 aromatic rings. The molecule has 8 heteroatoms. The molecule has 2 N–H and O–H groups in total. The van der Waals surface area contributed by atoms with Gasteiger partial charge in [0.2, 0.25) is 5.95 Å². The number of piperidine rings is 1. The molecule has 1 aliphatic rings. The Labute approximate surface area is 155 Å². The Balaban J connectivity index is 1.59. The number of hydrogen-bond acceptors (Lipinski definition) is 5. The number of imidazole rings is 1. The number of fused-ring (bicyclic) bond motifs is 1. The molecular formula is C19H19N5O3. The average molecular weight is 365 g/mol. The van der Waals surface area contributed by atoms with Gasteiger partial charge in [-0.1, -0.05) is 12.1 Å². The summed E-state index contributed by atoms with van der Waals surface area (Å²) in [6.45, 7) is 1.59. The first kappa shape index (κ1) is 17.0. The maximum atomic E-state index is 12.5. The molecule has 0 unspecified atom stereocenters. The van der Waals surface area contributed by atoms with E-state index in [1.165, 1.54) is 6.07 Å². The molecule has 0 saturated carbocycles. The van der Waals surface area contributed by atoms with Gasteiger partial charge in [-0.05, 0) is 43.5 Å². The number of carbonyl (C=O) groups is 1. The fourth-order valence-corrected chi connectivity index (χ4v) is 3.40. The lowest BCUT2D eigenvalue weighted by atomic mass is 10.1. The van der Waals surface area contributed by atoms with Crippen molar-refractivity contribution in [3.63, 3.8) is 0 Å². The quantitative estimate of drug-likeness (QED) is 0.542. The summed E-state index contributed by atoms with van der Waals surface area (Å²) in [5.74, 6) is -0.133. The SMILES string of the molecule is O=C(Nc1nc2ccccc2[nH]1)c1ccc(N2CCCCC2)c([N+](=O)[O-])c1. The third-order valence-corrected chi connectivity index (χ3v) is 4.75. The molecule has 4 rings (SSSR count). The Hall–Kier alpha value is -3.42. The van der Waals surface area contributed by atoms with Gasteiger partial charge in [0.25, 0.3) is 11.6 Å². The highest BCUT2D eigenvalue weighted by atomic mass is 16.6. The van der Waals surface area contributed by atoms with Crippen molar-refractivity contribution >= 4 is 34.3 Å². The standard InChI is InChI=1S/C19H19N5O3/c25-18(22-19-20-14-6-2-3-7-15(14)21-19)13-8-9-16(17(12-13)24(26)27)23-10-4-1-5-11-23/h2-3,6-9,12H,1,4-5,10-11H2,(H2,20,21,22,25). The van der Waals surface area contributed by atoms with Gasteiger partial charge in [0.1, 0.15) is 5.69 Å². The molecule has 0 spiro atoms. The molecule has 2 aromatic carbocycles. The first-order chi connectivity index (χ1) is 13.1. The second-order valence-electron chi connectivity index (χ2n) is 6.56. The Morgan fingerprint density at radius 3 is 2.67 bits per heavy atom. The number of nitro benzene ring substituents is 1. The third-order valence-electron chi connectivity index (χ3n) is 4.75.